The van der Waals surface area contributed by atoms with Crippen LogP contribution in [0, 0.1) is 17.8 Å². The van der Waals surface area contributed by atoms with Crippen LogP contribution in [0.25, 0.3) is 10.9 Å². The van der Waals surface area contributed by atoms with E-state index in [9.17, 15) is 34.0 Å². The first kappa shape index (κ1) is 37.1. The molecular weight excluding hydrogens is 653 g/mol. The first-order valence-corrected chi connectivity index (χ1v) is 18.3. The number of hydrogen-bond acceptors (Lipinski definition) is 8. The fourth-order valence-electron chi connectivity index (χ4n) is 6.12. The number of pyridine rings is 1. The summed E-state index contributed by atoms with van der Waals surface area (Å²) in [5, 5.41) is 23.9. The van der Waals surface area contributed by atoms with E-state index in [1.54, 1.807) is 10.7 Å². The summed E-state index contributed by atoms with van der Waals surface area (Å²) in [5.74, 6) is -3.84. The van der Waals surface area contributed by atoms with Crippen molar-refractivity contribution in [1.29, 1.82) is 0 Å². The minimum Gasteiger partial charge on any atom is -0.480 e. The van der Waals surface area contributed by atoms with Gasteiger partial charge in [-0.2, -0.15) is 0 Å². The molecule has 0 aliphatic heterocycles. The second kappa shape index (κ2) is 17.1. The Morgan fingerprint density at radius 1 is 1.00 bits per heavy atom. The summed E-state index contributed by atoms with van der Waals surface area (Å²) in [6, 6.07) is 15.9. The van der Waals surface area contributed by atoms with Gasteiger partial charge in [-0.1, -0.05) is 74.5 Å². The van der Waals surface area contributed by atoms with Gasteiger partial charge in [-0.3, -0.25) is 9.59 Å². The number of hydrogen-bond donors (Lipinski definition) is 4. The molecule has 258 valence electrons. The minimum atomic E-state index is -1.93. The molecule has 0 spiro atoms. The predicted octanol–water partition coefficient (Wildman–Crippen LogP) is 5.04. The third kappa shape index (κ3) is 9.45. The maximum atomic E-state index is 13.8. The number of aromatic nitrogens is 1. The van der Waals surface area contributed by atoms with E-state index < -0.39 is 49.5 Å². The van der Waals surface area contributed by atoms with Crippen LogP contribution in [0.4, 0.5) is 0 Å². The highest BCUT2D eigenvalue weighted by Crippen LogP contribution is 2.41. The fraction of sp³-hybridized carbons (Fsp3) is 0.457. The Hall–Kier alpha value is -3.73. The number of carboxylic acid groups (broad SMARTS) is 1. The monoisotopic (exact) mass is 698 g/mol. The summed E-state index contributed by atoms with van der Waals surface area (Å²) < 4.78 is 19.2. The van der Waals surface area contributed by atoms with Crippen LogP contribution in [0.2, 0.25) is 0 Å². The molecule has 1 fully saturated rings. The standard InChI is InChI=1S/C35H44N3O8PS/c1-22(2)19-28(33(41)42)36-32(40)27(20-23-9-5-4-6-10-23)35(44,47-45)21-48-30-18-17-24-11-7-8-12-29(24)38(30)37-31(39)25-13-15-26(16-14-25)34(43)46-3/h7-8,11-18,22-23,27-28,44H,4-6,9-10,19-21,47H2,1-3H3,(H2-,36,37,39,40,41,42)/p+1/t27?,28-,35?/m0/s1. The van der Waals surface area contributed by atoms with Crippen LogP contribution in [0.5, 0.6) is 0 Å². The van der Waals surface area contributed by atoms with E-state index in [0.717, 1.165) is 49.3 Å². The first-order chi connectivity index (χ1) is 22.9. The van der Waals surface area contributed by atoms with Crippen molar-refractivity contribution >= 4 is 54.9 Å². The predicted molar refractivity (Wildman–Crippen MR) is 185 cm³/mol. The molecule has 2 aromatic carbocycles. The fourth-order valence-corrected chi connectivity index (χ4v) is 8.11. The molecule has 4 rings (SSSR count). The van der Waals surface area contributed by atoms with Gasteiger partial charge in [-0.05, 0) is 61.1 Å². The van der Waals surface area contributed by atoms with Crippen molar-refractivity contribution in [3.63, 3.8) is 0 Å². The Balaban J connectivity index is 1.64. The van der Waals surface area contributed by atoms with E-state index in [1.165, 1.54) is 31.4 Å². The van der Waals surface area contributed by atoms with Gasteiger partial charge in [0.25, 0.3) is 5.03 Å². The topological polar surface area (TPSA) is 163 Å². The lowest BCUT2D eigenvalue weighted by molar-refractivity contribution is -0.653. The number of amides is 2. The minimum absolute atomic E-state index is 0.00659. The average Bonchev–Trinajstić information content (AvgIpc) is 3.09. The Morgan fingerprint density at radius 3 is 2.29 bits per heavy atom. The molecule has 2 amide bonds. The van der Waals surface area contributed by atoms with Crippen LogP contribution in [0.15, 0.2) is 65.7 Å². The van der Waals surface area contributed by atoms with E-state index in [0.29, 0.717) is 22.5 Å². The van der Waals surface area contributed by atoms with Gasteiger partial charge >= 0.3 is 17.8 Å². The molecule has 4 N–H and O–H groups in total. The number of nitrogens with one attached hydrogen (secondary N) is 2. The van der Waals surface area contributed by atoms with Crippen LogP contribution in [-0.4, -0.2) is 58.2 Å². The number of nitrogens with zero attached hydrogens (tertiary/aromatic N) is 1. The lowest BCUT2D eigenvalue weighted by Gasteiger charge is -2.35. The molecular formula is C35H45N3O8PS+. The Kier molecular flexibility index (Phi) is 13.2. The van der Waals surface area contributed by atoms with E-state index in [1.807, 2.05) is 44.2 Å². The third-order valence-corrected chi connectivity index (χ3v) is 11.3. The number of thioether (sulfide) groups is 1. The zero-order valence-electron chi connectivity index (χ0n) is 27.5. The van der Waals surface area contributed by atoms with Crippen LogP contribution >= 0.6 is 20.2 Å². The highest BCUT2D eigenvalue weighted by Gasteiger charge is 2.44. The smallest absolute Gasteiger partial charge is 0.337 e. The van der Waals surface area contributed by atoms with Crippen molar-refractivity contribution in [3.05, 3.63) is 71.8 Å². The molecule has 13 heteroatoms. The maximum absolute atomic E-state index is 13.8. The number of carbonyl (C=O) groups is 4. The van der Waals surface area contributed by atoms with E-state index in [2.05, 4.69) is 10.7 Å². The van der Waals surface area contributed by atoms with Crippen molar-refractivity contribution in [3.8, 4) is 0 Å². The number of carbonyl (C=O) groups excluding carboxylic acids is 3. The number of benzene rings is 2. The molecule has 4 atom stereocenters. The molecule has 0 bridgehead atoms. The van der Waals surface area contributed by atoms with Gasteiger partial charge in [0.15, 0.2) is 0 Å². The lowest BCUT2D eigenvalue weighted by atomic mass is 9.80. The molecule has 0 radical (unpaired) electrons. The Morgan fingerprint density at radius 2 is 1.67 bits per heavy atom. The number of aliphatic carboxylic acids is 1. The average molecular weight is 699 g/mol. The van der Waals surface area contributed by atoms with Crippen LogP contribution < -0.4 is 15.4 Å². The number of rotatable bonds is 15. The molecule has 1 aromatic heterocycles. The van der Waals surface area contributed by atoms with Gasteiger partial charge in [0.05, 0.1) is 27.1 Å². The largest absolute Gasteiger partial charge is 0.480 e. The zero-order chi connectivity index (χ0) is 34.8. The second-order valence-electron chi connectivity index (χ2n) is 12.8. The van der Waals surface area contributed by atoms with Gasteiger partial charge in [-0.15, -0.1) is 5.43 Å². The summed E-state index contributed by atoms with van der Waals surface area (Å²) in [7, 11) is -0.603. The number of aliphatic hydroxyl groups is 1. The molecule has 1 aliphatic rings. The van der Waals surface area contributed by atoms with E-state index in [4.69, 9.17) is 4.74 Å². The Labute approximate surface area is 286 Å². The molecule has 48 heavy (non-hydrogen) atoms. The van der Waals surface area contributed by atoms with Crippen molar-refractivity contribution < 1.29 is 43.4 Å². The number of para-hydroxylation sites is 1. The first-order valence-electron chi connectivity index (χ1n) is 16.2. The molecule has 0 saturated heterocycles. The SMILES string of the molecule is COC(=O)c1ccc(C(=O)N[n+]2c(SCC(O)([PH2]=O)C(CC3CCCCC3)C(=O)N[C@@H](CC(C)C)C(=O)O)ccc3ccccc32)cc1. The van der Waals surface area contributed by atoms with Gasteiger partial charge < -0.3 is 24.8 Å². The normalized spacial score (nSPS) is 16.4. The zero-order valence-corrected chi connectivity index (χ0v) is 29.5. The lowest BCUT2D eigenvalue weighted by Crippen LogP contribution is -2.52. The van der Waals surface area contributed by atoms with Crippen LogP contribution in [-0.2, 0) is 18.9 Å². The Bertz CT molecular complexity index is 1630. The van der Waals surface area contributed by atoms with Gasteiger partial charge in [0.1, 0.15) is 11.4 Å². The molecule has 3 aromatic rings. The van der Waals surface area contributed by atoms with Crippen molar-refractivity contribution in [2.75, 3.05) is 18.3 Å². The molecule has 11 nitrogen and oxygen atoms in total. The maximum Gasteiger partial charge on any atom is 0.337 e. The molecule has 3 unspecified atom stereocenters. The molecule has 1 saturated carbocycles. The van der Waals surface area contributed by atoms with Crippen molar-refractivity contribution in [2.24, 2.45) is 17.8 Å². The summed E-state index contributed by atoms with van der Waals surface area (Å²) in [5.41, 5.74) is 4.16. The van der Waals surface area contributed by atoms with E-state index in [-0.39, 0.29) is 29.6 Å². The van der Waals surface area contributed by atoms with E-state index >= 15 is 0 Å². The number of methoxy groups -OCH3 is 1. The summed E-state index contributed by atoms with van der Waals surface area (Å²) in [6.45, 7) is 3.73. The number of fused-ring (bicyclic) bond motifs is 1. The highest BCUT2D eigenvalue weighted by molar-refractivity contribution is 7.99. The van der Waals surface area contributed by atoms with Crippen LogP contribution in [0.3, 0.4) is 0 Å². The number of esters is 1. The third-order valence-electron chi connectivity index (χ3n) is 8.78. The van der Waals surface area contributed by atoms with Crippen LogP contribution in [0.1, 0.15) is 79.5 Å². The quantitative estimate of drug-likeness (QED) is 0.0738. The van der Waals surface area contributed by atoms with Gasteiger partial charge in [0, 0.05) is 28.8 Å². The van der Waals surface area contributed by atoms with Crippen molar-refractivity contribution in [2.45, 2.75) is 75.2 Å². The van der Waals surface area contributed by atoms with Crippen molar-refractivity contribution in [1.82, 2.24) is 5.32 Å². The summed E-state index contributed by atoms with van der Waals surface area (Å²) in [6.07, 6.45) is 5.38. The summed E-state index contributed by atoms with van der Waals surface area (Å²) >= 11 is 1.15. The number of carboxylic acids is 1. The summed E-state index contributed by atoms with van der Waals surface area (Å²) in [4.78, 5) is 51.1. The highest BCUT2D eigenvalue weighted by atomic mass is 32.2. The van der Waals surface area contributed by atoms with Gasteiger partial charge in [-0.25, -0.2) is 9.59 Å². The molecule has 1 aliphatic carbocycles. The number of ether oxygens (including phenoxy) is 1. The second-order valence-corrected chi connectivity index (χ2v) is 15.0. The molecule has 1 heterocycles. The van der Waals surface area contributed by atoms with Gasteiger partial charge in [0.2, 0.25) is 11.4 Å².